The summed E-state index contributed by atoms with van der Waals surface area (Å²) < 4.78 is 25.1. The first-order valence-electron chi connectivity index (χ1n) is 11.1. The Kier molecular flexibility index (Phi) is 9.10. The van der Waals surface area contributed by atoms with Crippen molar-refractivity contribution in [1.29, 1.82) is 0 Å². The van der Waals surface area contributed by atoms with E-state index in [9.17, 15) is 19.1 Å². The van der Waals surface area contributed by atoms with E-state index in [4.69, 9.17) is 15.2 Å². The van der Waals surface area contributed by atoms with E-state index in [-0.39, 0.29) is 30.2 Å². The fourth-order valence-corrected chi connectivity index (χ4v) is 4.33. The first-order valence-corrected chi connectivity index (χ1v) is 11.9. The molecule has 0 saturated carbocycles. The number of ether oxygens (including phenoxy) is 2. The van der Waals surface area contributed by atoms with Crippen molar-refractivity contribution in [3.8, 4) is 10.4 Å². The summed E-state index contributed by atoms with van der Waals surface area (Å²) in [7, 11) is 1.55. The highest BCUT2D eigenvalue weighted by Crippen LogP contribution is 2.38. The molecule has 0 aliphatic heterocycles. The average molecular weight is 517 g/mol. The van der Waals surface area contributed by atoms with Gasteiger partial charge in [0.05, 0.1) is 30.1 Å². The molecule has 3 rings (SSSR count). The third-order valence-electron chi connectivity index (χ3n) is 5.10. The fraction of sp³-hybridized carbons (Fsp3) is 0.320. The molecular formula is C25H29FN4O5S. The Morgan fingerprint density at radius 2 is 2.00 bits per heavy atom. The van der Waals surface area contributed by atoms with Crippen LogP contribution in [0.2, 0.25) is 0 Å². The molecule has 2 amide bonds. The number of methoxy groups -OCH3 is 1. The van der Waals surface area contributed by atoms with Crippen LogP contribution in [0.25, 0.3) is 10.4 Å². The zero-order valence-electron chi connectivity index (χ0n) is 20.3. The summed E-state index contributed by atoms with van der Waals surface area (Å²) in [5, 5.41) is 16.3. The van der Waals surface area contributed by atoms with Crippen LogP contribution in [-0.4, -0.2) is 48.8 Å². The molecule has 5 N–H and O–H groups in total. The summed E-state index contributed by atoms with van der Waals surface area (Å²) in [5.74, 6) is -1.04. The number of rotatable bonds is 12. The largest absolute Gasteiger partial charge is 0.386 e. The van der Waals surface area contributed by atoms with Gasteiger partial charge in [-0.25, -0.2) is 9.37 Å². The van der Waals surface area contributed by atoms with Gasteiger partial charge in [-0.3, -0.25) is 9.59 Å². The molecule has 0 aliphatic carbocycles. The number of pyridine rings is 1. The van der Waals surface area contributed by atoms with Crippen LogP contribution in [0.4, 0.5) is 15.2 Å². The molecular weight excluding hydrogens is 487 g/mol. The van der Waals surface area contributed by atoms with Crippen LogP contribution < -0.4 is 16.4 Å². The number of aromatic nitrogens is 1. The summed E-state index contributed by atoms with van der Waals surface area (Å²) in [6, 6.07) is 11.2. The number of benzene rings is 1. The number of anilines is 2. The number of primary amides is 1. The topological polar surface area (TPSA) is 136 Å². The predicted octanol–water partition coefficient (Wildman–Crippen LogP) is 3.30. The molecule has 0 aliphatic rings. The van der Waals surface area contributed by atoms with E-state index in [0.29, 0.717) is 40.1 Å². The minimum absolute atomic E-state index is 0.102. The summed E-state index contributed by atoms with van der Waals surface area (Å²) >= 11 is 1.15. The van der Waals surface area contributed by atoms with Crippen LogP contribution in [0.1, 0.15) is 35.5 Å². The molecule has 1 aromatic carbocycles. The fourth-order valence-electron chi connectivity index (χ4n) is 3.23. The number of hydrogen-bond acceptors (Lipinski definition) is 8. The number of thiophene rings is 1. The number of amides is 2. The summed E-state index contributed by atoms with van der Waals surface area (Å²) in [5.41, 5.74) is 5.85. The molecule has 0 saturated heterocycles. The Balaban J connectivity index is 1.73. The highest BCUT2D eigenvalue weighted by Gasteiger charge is 2.21. The van der Waals surface area contributed by atoms with Crippen molar-refractivity contribution in [2.24, 2.45) is 5.73 Å². The van der Waals surface area contributed by atoms with Crippen molar-refractivity contribution in [1.82, 2.24) is 10.3 Å². The maximum atomic E-state index is 14.8. The third kappa shape index (κ3) is 7.31. The first-order chi connectivity index (χ1) is 17.1. The second-order valence-electron chi connectivity index (χ2n) is 8.45. The molecule has 0 radical (unpaired) electrons. The number of nitrogens with zero attached hydrogens (tertiary/aromatic N) is 1. The van der Waals surface area contributed by atoms with Gasteiger partial charge in [0.1, 0.15) is 23.2 Å². The van der Waals surface area contributed by atoms with Crippen LogP contribution in [0.3, 0.4) is 0 Å². The van der Waals surface area contributed by atoms with E-state index in [1.54, 1.807) is 51.3 Å². The van der Waals surface area contributed by atoms with Gasteiger partial charge in [0.15, 0.2) is 0 Å². The number of halogens is 1. The van der Waals surface area contributed by atoms with E-state index in [1.807, 2.05) is 0 Å². The molecule has 0 spiro atoms. The number of hydrogen-bond donors (Lipinski definition) is 4. The van der Waals surface area contributed by atoms with Crippen LogP contribution in [0, 0.1) is 5.82 Å². The van der Waals surface area contributed by atoms with E-state index in [2.05, 4.69) is 15.6 Å². The zero-order valence-corrected chi connectivity index (χ0v) is 21.1. The van der Waals surface area contributed by atoms with Gasteiger partial charge in [0.2, 0.25) is 5.91 Å². The maximum Gasteiger partial charge on any atom is 0.251 e. The van der Waals surface area contributed by atoms with Crippen LogP contribution >= 0.6 is 11.3 Å². The average Bonchev–Trinajstić information content (AvgIpc) is 3.22. The molecule has 2 heterocycles. The molecule has 9 nitrogen and oxygen atoms in total. The van der Waals surface area contributed by atoms with Gasteiger partial charge in [0, 0.05) is 24.1 Å². The lowest BCUT2D eigenvalue weighted by Crippen LogP contribution is -2.30. The smallest absolute Gasteiger partial charge is 0.251 e. The molecule has 0 fully saturated rings. The lowest BCUT2D eigenvalue weighted by atomic mass is 9.96. The highest BCUT2D eigenvalue weighted by atomic mass is 32.1. The number of carbonyl (C=O) groups excluding carboxylic acids is 2. The molecule has 2 aromatic heterocycles. The standard InChI is InChI=1S/C25H29FN4O5S/c1-25(2,33)15-7-8-17(19(26)11-15)20-12-18(23(27)32)24(36-20)30-21-6-4-5-16(29-21)13-35-14-22(31)28-9-10-34-3/h4-8,11-12,33H,9-10,13-14H2,1-3H3,(H2,27,32)(H,28,31)(H,29,30). The van der Waals surface area contributed by atoms with E-state index >= 15 is 0 Å². The van der Waals surface area contributed by atoms with Crippen molar-refractivity contribution in [2.75, 3.05) is 32.2 Å². The number of nitrogens with one attached hydrogen (secondary N) is 2. The summed E-state index contributed by atoms with van der Waals surface area (Å²) in [6.07, 6.45) is 0. The van der Waals surface area contributed by atoms with E-state index in [0.717, 1.165) is 11.3 Å². The van der Waals surface area contributed by atoms with Gasteiger partial charge in [-0.05, 0) is 43.7 Å². The second-order valence-corrected chi connectivity index (χ2v) is 9.50. The Morgan fingerprint density at radius 1 is 1.22 bits per heavy atom. The van der Waals surface area contributed by atoms with Crippen molar-refractivity contribution in [2.45, 2.75) is 26.1 Å². The van der Waals surface area contributed by atoms with Gasteiger partial charge in [-0.2, -0.15) is 0 Å². The number of nitrogens with two attached hydrogens (primary N) is 1. The minimum atomic E-state index is -1.19. The van der Waals surface area contributed by atoms with Gasteiger partial charge in [0.25, 0.3) is 5.91 Å². The van der Waals surface area contributed by atoms with Crippen molar-refractivity contribution < 1.29 is 28.6 Å². The van der Waals surface area contributed by atoms with Crippen molar-refractivity contribution in [3.63, 3.8) is 0 Å². The van der Waals surface area contributed by atoms with Crippen LogP contribution in [-0.2, 0) is 26.5 Å². The Bertz CT molecular complexity index is 1230. The number of aliphatic hydroxyl groups is 1. The quantitative estimate of drug-likeness (QED) is 0.271. The molecule has 0 bridgehead atoms. The zero-order chi connectivity index (χ0) is 26.3. The van der Waals surface area contributed by atoms with Crippen LogP contribution in [0.15, 0.2) is 42.5 Å². The van der Waals surface area contributed by atoms with Gasteiger partial charge >= 0.3 is 0 Å². The van der Waals surface area contributed by atoms with Crippen molar-refractivity contribution >= 4 is 34.0 Å². The highest BCUT2D eigenvalue weighted by molar-refractivity contribution is 7.19. The maximum absolute atomic E-state index is 14.8. The van der Waals surface area contributed by atoms with Crippen molar-refractivity contribution in [3.05, 3.63) is 65.1 Å². The van der Waals surface area contributed by atoms with Crippen LogP contribution in [0.5, 0.6) is 0 Å². The normalized spacial score (nSPS) is 11.4. The van der Waals surface area contributed by atoms with Gasteiger partial charge < -0.3 is 30.9 Å². The molecule has 0 unspecified atom stereocenters. The Labute approximate surface area is 212 Å². The molecule has 3 aromatic rings. The summed E-state index contributed by atoms with van der Waals surface area (Å²) in [6.45, 7) is 3.94. The predicted molar refractivity (Wildman–Crippen MR) is 136 cm³/mol. The lowest BCUT2D eigenvalue weighted by molar-refractivity contribution is -0.126. The number of carbonyl (C=O) groups is 2. The SMILES string of the molecule is COCCNC(=O)COCc1cccc(Nc2sc(-c3ccc(C(C)(C)O)cc3F)cc2C(N)=O)n1. The first kappa shape index (κ1) is 27.2. The Morgan fingerprint density at radius 3 is 2.67 bits per heavy atom. The second kappa shape index (κ2) is 12.0. The molecule has 36 heavy (non-hydrogen) atoms. The van der Waals surface area contributed by atoms with Gasteiger partial charge in [-0.1, -0.05) is 18.2 Å². The Hall–Kier alpha value is -3.38. The molecule has 0 atom stereocenters. The summed E-state index contributed by atoms with van der Waals surface area (Å²) in [4.78, 5) is 28.7. The molecule has 192 valence electrons. The third-order valence-corrected chi connectivity index (χ3v) is 6.18. The van der Waals surface area contributed by atoms with Gasteiger partial charge in [-0.15, -0.1) is 11.3 Å². The minimum Gasteiger partial charge on any atom is -0.386 e. The molecule has 11 heteroatoms. The lowest BCUT2D eigenvalue weighted by Gasteiger charge is -2.18. The van der Waals surface area contributed by atoms with E-state index in [1.165, 1.54) is 12.1 Å². The monoisotopic (exact) mass is 516 g/mol. The van der Waals surface area contributed by atoms with E-state index < -0.39 is 17.3 Å².